The molecule has 2 N–H and O–H groups in total. The van der Waals surface area contributed by atoms with E-state index in [0.29, 0.717) is 41.9 Å². The minimum Gasteiger partial charge on any atom is -0.380 e. The molecule has 1 unspecified atom stereocenters. The molecule has 0 spiro atoms. The zero-order chi connectivity index (χ0) is 30.2. The van der Waals surface area contributed by atoms with Gasteiger partial charge in [-0.15, -0.1) is 0 Å². The predicted molar refractivity (Wildman–Crippen MR) is 161 cm³/mol. The first kappa shape index (κ1) is 35.1. The van der Waals surface area contributed by atoms with Gasteiger partial charge in [0.2, 0.25) is 0 Å². The molecule has 0 amide bonds. The first-order valence-corrected chi connectivity index (χ1v) is 13.5. The predicted octanol–water partition coefficient (Wildman–Crippen LogP) is 6.78. The second-order valence-corrected chi connectivity index (χ2v) is 9.85. The first-order valence-electron chi connectivity index (χ1n) is 13.1. The molecule has 0 radical (unpaired) electrons. The van der Waals surface area contributed by atoms with Crippen LogP contribution < -0.4 is 0 Å². The monoisotopic (exact) mass is 575 g/mol. The molecule has 1 atom stereocenters. The summed E-state index contributed by atoms with van der Waals surface area (Å²) in [4.78, 5) is 6.39. The van der Waals surface area contributed by atoms with Gasteiger partial charge in [-0.25, -0.2) is 4.39 Å². The molecule has 1 rings (SSSR count). The van der Waals surface area contributed by atoms with Crippen molar-refractivity contribution in [1.29, 1.82) is 0 Å². The highest BCUT2D eigenvalue weighted by Crippen LogP contribution is 2.28. The Bertz CT molecular complexity index is 1170. The summed E-state index contributed by atoms with van der Waals surface area (Å²) in [5, 5.41) is 22.8. The molecule has 0 aromatic carbocycles. The molecule has 0 aliphatic carbocycles. The Morgan fingerprint density at radius 2 is 1.98 bits per heavy atom. The third-order valence-electron chi connectivity index (χ3n) is 5.91. The van der Waals surface area contributed by atoms with Gasteiger partial charge in [-0.3, -0.25) is 0 Å². The van der Waals surface area contributed by atoms with Gasteiger partial charge in [0.15, 0.2) is 12.1 Å². The third-order valence-corrected chi connectivity index (χ3v) is 6.25. The summed E-state index contributed by atoms with van der Waals surface area (Å²) in [6, 6.07) is 0. The van der Waals surface area contributed by atoms with Crippen molar-refractivity contribution >= 4 is 17.2 Å². The highest BCUT2D eigenvalue weighted by Gasteiger charge is 2.19. The number of rotatable bonds is 17. The average molecular weight is 576 g/mol. The fourth-order valence-corrected chi connectivity index (χ4v) is 3.92. The van der Waals surface area contributed by atoms with Crippen molar-refractivity contribution in [2.45, 2.75) is 52.7 Å². The Kier molecular flexibility index (Phi) is 16.2. The van der Waals surface area contributed by atoms with Crippen LogP contribution in [-0.2, 0) is 4.74 Å². The lowest BCUT2D eigenvalue weighted by molar-refractivity contribution is -0.0489. The lowest BCUT2D eigenvalue weighted by Gasteiger charge is -2.18. The van der Waals surface area contributed by atoms with Crippen molar-refractivity contribution in [3.8, 4) is 0 Å². The smallest absolute Gasteiger partial charge is 0.258 e. The molecular formula is C31H43ClFN3O4. The van der Waals surface area contributed by atoms with Gasteiger partial charge in [-0.05, 0) is 74.8 Å². The van der Waals surface area contributed by atoms with Gasteiger partial charge in [0, 0.05) is 43.1 Å². The van der Waals surface area contributed by atoms with Crippen molar-refractivity contribution in [3.63, 3.8) is 0 Å². The van der Waals surface area contributed by atoms with Crippen LogP contribution in [0.3, 0.4) is 0 Å². The maximum Gasteiger partial charge on any atom is 0.258 e. The van der Waals surface area contributed by atoms with Crippen molar-refractivity contribution < 1.29 is 23.9 Å². The molecular weight excluding hydrogens is 533 g/mol. The van der Waals surface area contributed by atoms with Crippen LogP contribution in [0.2, 0.25) is 0 Å². The molecule has 0 fully saturated rings. The molecule has 0 aliphatic heterocycles. The third kappa shape index (κ3) is 12.1. The SMILES string of the molecule is C=CC=C(Cl)C(C=CC(C)=C(C=C(C)COC)c1nc(C(C=C(F)C(=C)CN(C)CCC(O)O)CC)no1)=CC. The number of likely N-dealkylation sites (N-methyl/N-ethyl adjacent to an activating group) is 1. The molecule has 1 aromatic rings. The zero-order valence-corrected chi connectivity index (χ0v) is 25.2. The first-order chi connectivity index (χ1) is 19.0. The van der Waals surface area contributed by atoms with Gasteiger partial charge in [-0.2, -0.15) is 4.98 Å². The quantitative estimate of drug-likeness (QED) is 0.156. The van der Waals surface area contributed by atoms with Crippen LogP contribution in [0.4, 0.5) is 4.39 Å². The summed E-state index contributed by atoms with van der Waals surface area (Å²) < 4.78 is 26.0. The van der Waals surface area contributed by atoms with Crippen LogP contribution in [0.25, 0.3) is 5.57 Å². The number of allylic oxidation sites excluding steroid dienone is 11. The van der Waals surface area contributed by atoms with Crippen molar-refractivity contribution in [1.82, 2.24) is 15.0 Å². The second kappa shape index (κ2) is 18.5. The molecule has 0 saturated carbocycles. The second-order valence-electron chi connectivity index (χ2n) is 9.45. The number of aliphatic hydroxyl groups is 2. The molecule has 7 nitrogen and oxygen atoms in total. The van der Waals surface area contributed by atoms with Crippen LogP contribution in [-0.4, -0.2) is 65.4 Å². The van der Waals surface area contributed by atoms with Gasteiger partial charge < -0.3 is 24.4 Å². The topological polar surface area (TPSA) is 91.9 Å². The van der Waals surface area contributed by atoms with E-state index in [4.69, 9.17) is 31.1 Å². The van der Waals surface area contributed by atoms with Crippen molar-refractivity contribution in [2.75, 3.05) is 33.9 Å². The standard InChI is InChI=1S/C31H43ClFN3O4/c1-9-12-27(32)24(10-2)14-13-22(5)26(17-21(4)20-39-8)31-34-30(35-40-31)25(11-3)18-28(33)23(6)19-36(7)16-15-29(37)38/h9-10,12-14,17-18,25,29,37-38H,1,6,11,15-16,19-20H2,2-5,7-8H3. The van der Waals surface area contributed by atoms with Gasteiger partial charge >= 0.3 is 0 Å². The van der Waals surface area contributed by atoms with Crippen molar-refractivity contribution in [2.24, 2.45) is 0 Å². The number of ether oxygens (including phenoxy) is 1. The Labute approximate surface area is 243 Å². The Hall–Kier alpha value is -2.88. The number of aromatic nitrogens is 2. The largest absolute Gasteiger partial charge is 0.380 e. The number of hydrogen-bond acceptors (Lipinski definition) is 7. The van der Waals surface area contributed by atoms with E-state index in [-0.39, 0.29) is 18.5 Å². The van der Waals surface area contributed by atoms with Crippen LogP contribution >= 0.6 is 11.6 Å². The van der Waals surface area contributed by atoms with Crippen LogP contribution in [0.1, 0.15) is 58.2 Å². The minimum atomic E-state index is -1.41. The van der Waals surface area contributed by atoms with E-state index >= 15 is 4.39 Å². The maximum absolute atomic E-state index is 15.0. The number of hydrogen-bond donors (Lipinski definition) is 2. The summed E-state index contributed by atoms with van der Waals surface area (Å²) in [5.41, 5.74) is 3.62. The van der Waals surface area contributed by atoms with Crippen LogP contribution in [0.15, 0.2) is 93.4 Å². The molecule has 220 valence electrons. The molecule has 1 heterocycles. The Morgan fingerprint density at radius 1 is 1.27 bits per heavy atom. The van der Waals surface area contributed by atoms with Crippen LogP contribution in [0, 0.1) is 0 Å². The lowest BCUT2D eigenvalue weighted by Crippen LogP contribution is -2.25. The highest BCUT2D eigenvalue weighted by atomic mass is 35.5. The van der Waals surface area contributed by atoms with Gasteiger partial charge in [0.25, 0.3) is 5.89 Å². The molecule has 1 aromatic heterocycles. The summed E-state index contributed by atoms with van der Waals surface area (Å²) in [5.74, 6) is -0.243. The number of halogens is 2. The zero-order valence-electron chi connectivity index (χ0n) is 24.5. The van der Waals surface area contributed by atoms with Crippen LogP contribution in [0.5, 0.6) is 0 Å². The summed E-state index contributed by atoms with van der Waals surface area (Å²) in [6.07, 6.45) is 11.7. The summed E-state index contributed by atoms with van der Waals surface area (Å²) in [6.45, 7) is 16.3. The van der Waals surface area contributed by atoms with E-state index in [2.05, 4.69) is 23.3 Å². The van der Waals surface area contributed by atoms with E-state index in [0.717, 1.165) is 16.7 Å². The van der Waals surface area contributed by atoms with Crippen molar-refractivity contribution in [3.05, 3.63) is 101 Å². The molecule has 9 heteroatoms. The minimum absolute atomic E-state index is 0.162. The van der Waals surface area contributed by atoms with Gasteiger partial charge in [0.1, 0.15) is 5.83 Å². The van der Waals surface area contributed by atoms with E-state index in [1.54, 1.807) is 31.2 Å². The Morgan fingerprint density at radius 3 is 2.55 bits per heavy atom. The molecule has 0 saturated heterocycles. The number of methoxy groups -OCH3 is 1. The van der Waals surface area contributed by atoms with E-state index in [1.165, 1.54) is 6.08 Å². The maximum atomic E-state index is 15.0. The summed E-state index contributed by atoms with van der Waals surface area (Å²) >= 11 is 6.35. The van der Waals surface area contributed by atoms with E-state index in [9.17, 15) is 0 Å². The fourth-order valence-electron chi connectivity index (χ4n) is 3.66. The lowest BCUT2D eigenvalue weighted by atomic mass is 10.0. The Balaban J connectivity index is 3.34. The fraction of sp³-hybridized carbons (Fsp3) is 0.419. The normalized spacial score (nSPS) is 15.3. The van der Waals surface area contributed by atoms with E-state index in [1.807, 2.05) is 52.0 Å². The highest BCUT2D eigenvalue weighted by molar-refractivity contribution is 6.32. The number of nitrogens with zero attached hydrogens (tertiary/aromatic N) is 3. The molecule has 0 bridgehead atoms. The van der Waals surface area contributed by atoms with Gasteiger partial charge in [-0.1, -0.05) is 61.1 Å². The van der Waals surface area contributed by atoms with E-state index < -0.39 is 18.0 Å². The average Bonchev–Trinajstić information content (AvgIpc) is 3.39. The summed E-state index contributed by atoms with van der Waals surface area (Å²) in [7, 11) is 3.38. The number of aliphatic hydroxyl groups excluding tert-OH is 1. The van der Waals surface area contributed by atoms with Gasteiger partial charge in [0.05, 0.1) is 6.61 Å². The molecule has 0 aliphatic rings. The molecule has 40 heavy (non-hydrogen) atoms.